The van der Waals surface area contributed by atoms with Gasteiger partial charge in [-0.2, -0.15) is 0 Å². The number of methoxy groups -OCH3 is 1. The second kappa shape index (κ2) is 11.9. The van der Waals surface area contributed by atoms with Crippen LogP contribution in [0.4, 0.5) is 20.4 Å². The molecule has 0 amide bonds. The van der Waals surface area contributed by atoms with Crippen LogP contribution in [-0.2, 0) is 6.61 Å². The van der Waals surface area contributed by atoms with Crippen LogP contribution >= 0.6 is 0 Å². The first-order valence-corrected chi connectivity index (χ1v) is 12.8. The molecule has 1 N–H and O–H groups in total. The van der Waals surface area contributed by atoms with Gasteiger partial charge >= 0.3 is 0 Å². The normalized spacial score (nSPS) is 16.3. The number of hydrogen-bond acceptors (Lipinski definition) is 9. The van der Waals surface area contributed by atoms with Crippen molar-refractivity contribution in [2.24, 2.45) is 0 Å². The molecule has 2 aliphatic rings. The van der Waals surface area contributed by atoms with E-state index >= 15 is 0 Å². The van der Waals surface area contributed by atoms with Crippen molar-refractivity contribution in [3.8, 4) is 17.4 Å². The van der Waals surface area contributed by atoms with E-state index in [1.54, 1.807) is 12.3 Å². The first kappa shape index (κ1) is 26.1. The highest BCUT2D eigenvalue weighted by Crippen LogP contribution is 2.44. The van der Waals surface area contributed by atoms with E-state index in [-0.39, 0.29) is 29.6 Å². The van der Waals surface area contributed by atoms with Gasteiger partial charge in [0.2, 0.25) is 11.8 Å². The molecular formula is C27H32F2N6O3. The van der Waals surface area contributed by atoms with Crippen LogP contribution in [0.15, 0.2) is 36.8 Å². The number of aromatic nitrogens is 3. The van der Waals surface area contributed by atoms with Crippen molar-refractivity contribution in [1.29, 1.82) is 0 Å². The van der Waals surface area contributed by atoms with E-state index in [4.69, 9.17) is 14.2 Å². The van der Waals surface area contributed by atoms with Gasteiger partial charge in [0.15, 0.2) is 17.3 Å². The molecule has 0 radical (unpaired) electrons. The summed E-state index contributed by atoms with van der Waals surface area (Å²) in [7, 11) is 3.50. The number of nitrogens with one attached hydrogen (secondary N) is 1. The Balaban J connectivity index is 1.12. The van der Waals surface area contributed by atoms with Gasteiger partial charge in [0.05, 0.1) is 37.0 Å². The van der Waals surface area contributed by atoms with Crippen LogP contribution in [-0.4, -0.2) is 78.2 Å². The summed E-state index contributed by atoms with van der Waals surface area (Å²) in [5, 5.41) is 3.06. The van der Waals surface area contributed by atoms with E-state index in [0.717, 1.165) is 45.6 Å². The molecule has 1 saturated carbocycles. The van der Waals surface area contributed by atoms with Crippen LogP contribution in [0.1, 0.15) is 29.9 Å². The van der Waals surface area contributed by atoms with Gasteiger partial charge < -0.3 is 24.4 Å². The van der Waals surface area contributed by atoms with E-state index < -0.39 is 11.6 Å². The average Bonchev–Trinajstić information content (AvgIpc) is 3.77. The lowest BCUT2D eigenvalue weighted by atomic mass is 10.0. The van der Waals surface area contributed by atoms with Crippen LogP contribution in [0.2, 0.25) is 0 Å². The standard InChI is InChI=1S/C27H32F2N6O3/c1-34-7-9-35(10-8-34)11-12-37-24-6-5-19(14-30-24)33-27-31-15-20(16-32-27)38-17-22-25(28)21(18-3-4-18)13-23(36-2)26(22)29/h5-6,13-16,18H,3-4,7-12,17H2,1-2H3,(H,31,32,33). The van der Waals surface area contributed by atoms with Crippen LogP contribution < -0.4 is 19.5 Å². The Bertz CT molecular complexity index is 1220. The minimum atomic E-state index is -0.757. The quantitative estimate of drug-likeness (QED) is 0.399. The smallest absolute Gasteiger partial charge is 0.227 e. The molecule has 3 aromatic rings. The second-order valence-corrected chi connectivity index (χ2v) is 9.58. The summed E-state index contributed by atoms with van der Waals surface area (Å²) in [5.74, 6) is -0.0461. The lowest BCUT2D eigenvalue weighted by Gasteiger charge is -2.32. The highest BCUT2D eigenvalue weighted by molar-refractivity contribution is 5.52. The molecule has 202 valence electrons. The molecule has 0 spiro atoms. The van der Waals surface area contributed by atoms with Crippen LogP contribution in [0.25, 0.3) is 0 Å². The maximum Gasteiger partial charge on any atom is 0.227 e. The van der Waals surface area contributed by atoms with Crippen molar-refractivity contribution < 1.29 is 23.0 Å². The predicted octanol–water partition coefficient (Wildman–Crippen LogP) is 3.98. The first-order valence-electron chi connectivity index (χ1n) is 12.8. The summed E-state index contributed by atoms with van der Waals surface area (Å²) >= 11 is 0. The Morgan fingerprint density at radius 3 is 2.39 bits per heavy atom. The average molecular weight is 527 g/mol. The largest absolute Gasteiger partial charge is 0.494 e. The number of ether oxygens (including phenoxy) is 3. The van der Waals surface area contributed by atoms with E-state index in [1.165, 1.54) is 25.6 Å². The summed E-state index contributed by atoms with van der Waals surface area (Å²) in [6, 6.07) is 5.06. The maximum atomic E-state index is 14.9. The number of nitrogens with zero attached hydrogens (tertiary/aromatic N) is 5. The fourth-order valence-electron chi connectivity index (χ4n) is 4.28. The molecule has 2 fully saturated rings. The number of hydrogen-bond donors (Lipinski definition) is 1. The molecule has 1 aromatic carbocycles. The van der Waals surface area contributed by atoms with E-state index in [0.29, 0.717) is 29.7 Å². The van der Waals surface area contributed by atoms with Gasteiger partial charge in [-0.05, 0) is 43.5 Å². The van der Waals surface area contributed by atoms with Crippen molar-refractivity contribution in [1.82, 2.24) is 24.8 Å². The lowest BCUT2D eigenvalue weighted by Crippen LogP contribution is -2.45. The van der Waals surface area contributed by atoms with Crippen molar-refractivity contribution in [3.05, 3.63) is 59.6 Å². The summed E-state index contributed by atoms with van der Waals surface area (Å²) in [6.45, 7) is 5.41. The van der Waals surface area contributed by atoms with E-state index in [9.17, 15) is 8.78 Å². The van der Waals surface area contributed by atoms with Crippen LogP contribution in [0.3, 0.4) is 0 Å². The molecule has 2 aromatic heterocycles. The number of pyridine rings is 1. The topological polar surface area (TPSA) is 84.9 Å². The molecule has 5 rings (SSSR count). The lowest BCUT2D eigenvalue weighted by molar-refractivity contribution is 0.132. The van der Waals surface area contributed by atoms with Gasteiger partial charge in [0.25, 0.3) is 0 Å². The number of anilines is 2. The Kier molecular flexibility index (Phi) is 8.14. The fourth-order valence-corrected chi connectivity index (χ4v) is 4.28. The molecule has 0 atom stereocenters. The minimum Gasteiger partial charge on any atom is -0.494 e. The Hall–Kier alpha value is -3.57. The summed E-state index contributed by atoms with van der Waals surface area (Å²) in [6.07, 6.45) is 6.30. The number of likely N-dealkylation sites (N-methyl/N-ethyl adjacent to an activating group) is 1. The van der Waals surface area contributed by atoms with Gasteiger partial charge in [0, 0.05) is 38.8 Å². The second-order valence-electron chi connectivity index (χ2n) is 9.58. The fraction of sp³-hybridized carbons (Fsp3) is 0.444. The Labute approximate surface area is 220 Å². The summed E-state index contributed by atoms with van der Waals surface area (Å²) < 4.78 is 46.1. The molecule has 9 nitrogen and oxygen atoms in total. The zero-order valence-electron chi connectivity index (χ0n) is 21.6. The third-order valence-electron chi connectivity index (χ3n) is 6.78. The Morgan fingerprint density at radius 2 is 1.74 bits per heavy atom. The van der Waals surface area contributed by atoms with E-state index in [1.807, 2.05) is 6.07 Å². The van der Waals surface area contributed by atoms with Crippen molar-refractivity contribution >= 4 is 11.6 Å². The minimum absolute atomic E-state index is 0.0164. The molecule has 3 heterocycles. The zero-order valence-corrected chi connectivity index (χ0v) is 21.6. The number of piperazine rings is 1. The van der Waals surface area contributed by atoms with Crippen molar-refractivity contribution in [2.75, 3.05) is 58.8 Å². The van der Waals surface area contributed by atoms with Crippen LogP contribution in [0, 0.1) is 11.6 Å². The highest BCUT2D eigenvalue weighted by Gasteiger charge is 2.31. The molecule has 1 aliphatic heterocycles. The maximum absolute atomic E-state index is 14.9. The first-order chi connectivity index (χ1) is 18.5. The molecule has 11 heteroatoms. The summed E-state index contributed by atoms with van der Waals surface area (Å²) in [5.41, 5.74) is 1.00. The third kappa shape index (κ3) is 6.46. The SMILES string of the molecule is COc1cc(C2CC2)c(F)c(COc2cnc(Nc3ccc(OCCN4CCN(C)CC4)nc3)nc2)c1F. The predicted molar refractivity (Wildman–Crippen MR) is 138 cm³/mol. The highest BCUT2D eigenvalue weighted by atomic mass is 19.1. The van der Waals surface area contributed by atoms with E-state index in [2.05, 4.69) is 37.1 Å². The number of rotatable bonds is 11. The summed E-state index contributed by atoms with van der Waals surface area (Å²) in [4.78, 5) is 17.5. The van der Waals surface area contributed by atoms with Gasteiger partial charge in [-0.25, -0.2) is 23.7 Å². The van der Waals surface area contributed by atoms with Crippen LogP contribution in [0.5, 0.6) is 17.4 Å². The number of benzene rings is 1. The van der Waals surface area contributed by atoms with Gasteiger partial charge in [0.1, 0.15) is 19.0 Å². The molecule has 38 heavy (non-hydrogen) atoms. The molecule has 1 saturated heterocycles. The van der Waals surface area contributed by atoms with Gasteiger partial charge in [-0.3, -0.25) is 4.90 Å². The molecule has 1 aliphatic carbocycles. The zero-order chi connectivity index (χ0) is 26.5. The molecule has 0 unspecified atom stereocenters. The van der Waals surface area contributed by atoms with Crippen molar-refractivity contribution in [3.63, 3.8) is 0 Å². The Morgan fingerprint density at radius 1 is 0.974 bits per heavy atom. The monoisotopic (exact) mass is 526 g/mol. The number of halogens is 2. The molecule has 0 bridgehead atoms. The van der Waals surface area contributed by atoms with Gasteiger partial charge in [-0.15, -0.1) is 0 Å². The van der Waals surface area contributed by atoms with Gasteiger partial charge in [-0.1, -0.05) is 0 Å². The third-order valence-corrected chi connectivity index (χ3v) is 6.78. The van der Waals surface area contributed by atoms with Crippen molar-refractivity contribution in [2.45, 2.75) is 25.4 Å². The molecular weight excluding hydrogens is 494 g/mol.